The molecule has 7 heteroatoms. The van der Waals surface area contributed by atoms with Gasteiger partial charge in [-0.15, -0.1) is 0 Å². The molecule has 1 aliphatic heterocycles. The third-order valence-electron chi connectivity index (χ3n) is 4.52. The first kappa shape index (κ1) is 19.3. The van der Waals surface area contributed by atoms with Crippen molar-refractivity contribution >= 4 is 29.3 Å². The molecule has 0 saturated heterocycles. The molecule has 0 aromatic heterocycles. The first-order valence-corrected chi connectivity index (χ1v) is 8.81. The van der Waals surface area contributed by atoms with Crippen LogP contribution in [0.1, 0.15) is 57.4 Å². The Balaban J connectivity index is 1.83. The molecular weight excluding hydrogens is 358 g/mol. The zero-order chi connectivity index (χ0) is 20.6. The van der Waals surface area contributed by atoms with Gasteiger partial charge in [-0.3, -0.25) is 24.6 Å². The molecule has 4 amide bonds. The number of nitrogens with zero attached hydrogens (tertiary/aromatic N) is 1. The van der Waals surface area contributed by atoms with Crippen molar-refractivity contribution in [3.05, 3.63) is 64.7 Å². The van der Waals surface area contributed by atoms with Gasteiger partial charge in [0.05, 0.1) is 11.1 Å². The van der Waals surface area contributed by atoms with Crippen molar-refractivity contribution in [2.45, 2.75) is 27.7 Å². The molecule has 144 valence electrons. The number of hydrogen-bond donors (Lipinski definition) is 2. The fraction of sp³-hybridized carbons (Fsp3) is 0.238. The summed E-state index contributed by atoms with van der Waals surface area (Å²) in [4.78, 5) is 49.8. The minimum Gasteiger partial charge on any atom is -0.325 e. The van der Waals surface area contributed by atoms with E-state index in [2.05, 4.69) is 10.7 Å². The van der Waals surface area contributed by atoms with E-state index in [9.17, 15) is 19.2 Å². The van der Waals surface area contributed by atoms with Gasteiger partial charge in [0, 0.05) is 16.7 Å². The van der Waals surface area contributed by atoms with Crippen molar-refractivity contribution < 1.29 is 19.2 Å². The summed E-state index contributed by atoms with van der Waals surface area (Å²) in [7, 11) is 0. The number of hydrogen-bond acceptors (Lipinski definition) is 4. The normalized spacial score (nSPS) is 13.4. The van der Waals surface area contributed by atoms with E-state index in [0.717, 1.165) is 0 Å². The number of nitrogens with one attached hydrogen (secondary N) is 2. The molecule has 0 saturated carbocycles. The van der Waals surface area contributed by atoms with Crippen molar-refractivity contribution in [1.29, 1.82) is 0 Å². The van der Waals surface area contributed by atoms with Crippen LogP contribution in [-0.4, -0.2) is 28.6 Å². The fourth-order valence-electron chi connectivity index (χ4n) is 2.78. The molecule has 28 heavy (non-hydrogen) atoms. The summed E-state index contributed by atoms with van der Waals surface area (Å²) in [6.07, 6.45) is 0. The van der Waals surface area contributed by atoms with Crippen LogP contribution in [0.25, 0.3) is 0 Å². The van der Waals surface area contributed by atoms with Gasteiger partial charge in [-0.2, -0.15) is 5.01 Å². The van der Waals surface area contributed by atoms with E-state index in [1.54, 1.807) is 58.0 Å². The highest BCUT2D eigenvalue weighted by atomic mass is 16.2. The number of hydrazine groups is 1. The Bertz CT molecular complexity index is 970. The molecule has 0 bridgehead atoms. The minimum absolute atomic E-state index is 0.187. The van der Waals surface area contributed by atoms with E-state index in [1.165, 1.54) is 12.1 Å². The van der Waals surface area contributed by atoms with Crippen LogP contribution >= 0.6 is 0 Å². The lowest BCUT2D eigenvalue weighted by atomic mass is 9.95. The summed E-state index contributed by atoms with van der Waals surface area (Å²) in [6.45, 7) is 7.05. The van der Waals surface area contributed by atoms with Crippen molar-refractivity contribution in [1.82, 2.24) is 10.4 Å². The van der Waals surface area contributed by atoms with Gasteiger partial charge < -0.3 is 5.32 Å². The molecule has 0 radical (unpaired) electrons. The second kappa shape index (κ2) is 6.92. The van der Waals surface area contributed by atoms with Crippen molar-refractivity contribution in [3.8, 4) is 0 Å². The standard InChI is InChI=1S/C21H21N3O4/c1-12-13(10-7-11-16(12)22-20(28)21(2,3)4)17(25)23-24-18(26)14-8-5-6-9-15(14)19(24)27/h5-11H,1-4H3,(H,22,28)(H,23,25). The van der Waals surface area contributed by atoms with Crippen molar-refractivity contribution in [2.24, 2.45) is 5.41 Å². The van der Waals surface area contributed by atoms with Crippen molar-refractivity contribution in [3.63, 3.8) is 0 Å². The predicted octanol–water partition coefficient (Wildman–Crippen LogP) is 2.92. The molecule has 2 N–H and O–H groups in total. The van der Waals surface area contributed by atoms with Crippen LogP contribution < -0.4 is 10.7 Å². The summed E-state index contributed by atoms with van der Waals surface area (Å²) in [6, 6.07) is 11.3. The lowest BCUT2D eigenvalue weighted by Gasteiger charge is -2.20. The number of imide groups is 1. The van der Waals surface area contributed by atoms with Gasteiger partial charge >= 0.3 is 0 Å². The molecule has 0 spiro atoms. The molecule has 2 aromatic carbocycles. The van der Waals surface area contributed by atoms with Crippen LogP contribution in [0.3, 0.4) is 0 Å². The van der Waals surface area contributed by atoms with Gasteiger partial charge in [-0.25, -0.2) is 0 Å². The number of amides is 4. The molecule has 2 aromatic rings. The second-order valence-electron chi connectivity index (χ2n) is 7.61. The van der Waals surface area contributed by atoms with Crippen LogP contribution in [0.2, 0.25) is 0 Å². The van der Waals surface area contributed by atoms with Gasteiger partial charge in [-0.1, -0.05) is 39.0 Å². The summed E-state index contributed by atoms with van der Waals surface area (Å²) >= 11 is 0. The van der Waals surface area contributed by atoms with E-state index >= 15 is 0 Å². The summed E-state index contributed by atoms with van der Waals surface area (Å²) in [5.41, 5.74) is 3.56. The Morgan fingerprint density at radius 3 is 2.00 bits per heavy atom. The summed E-state index contributed by atoms with van der Waals surface area (Å²) in [5.74, 6) is -1.96. The largest absolute Gasteiger partial charge is 0.325 e. The van der Waals surface area contributed by atoms with Gasteiger partial charge in [0.1, 0.15) is 0 Å². The molecule has 0 aliphatic carbocycles. The van der Waals surface area contributed by atoms with E-state index in [-0.39, 0.29) is 22.6 Å². The SMILES string of the molecule is Cc1c(NC(=O)C(C)(C)C)cccc1C(=O)NN1C(=O)c2ccccc2C1=O. The van der Waals surface area contributed by atoms with E-state index in [0.29, 0.717) is 16.3 Å². The average Bonchev–Trinajstić information content (AvgIpc) is 2.88. The predicted molar refractivity (Wildman–Crippen MR) is 104 cm³/mol. The Hall–Kier alpha value is -3.48. The quantitative estimate of drug-likeness (QED) is 0.802. The zero-order valence-corrected chi connectivity index (χ0v) is 16.1. The number of anilines is 1. The van der Waals surface area contributed by atoms with Gasteiger partial charge in [0.25, 0.3) is 17.7 Å². The van der Waals surface area contributed by atoms with Crippen LogP contribution in [0.5, 0.6) is 0 Å². The van der Waals surface area contributed by atoms with E-state index < -0.39 is 23.1 Å². The third-order valence-corrected chi connectivity index (χ3v) is 4.52. The van der Waals surface area contributed by atoms with Gasteiger partial charge in [0.2, 0.25) is 5.91 Å². The van der Waals surface area contributed by atoms with Crippen molar-refractivity contribution in [2.75, 3.05) is 5.32 Å². The summed E-state index contributed by atoms with van der Waals surface area (Å²) in [5, 5.41) is 3.52. The molecular formula is C21H21N3O4. The Morgan fingerprint density at radius 1 is 0.893 bits per heavy atom. The van der Waals surface area contributed by atoms with Crippen LogP contribution in [0.4, 0.5) is 5.69 Å². The fourth-order valence-corrected chi connectivity index (χ4v) is 2.78. The molecule has 3 rings (SSSR count). The first-order chi connectivity index (χ1) is 13.1. The number of fused-ring (bicyclic) bond motifs is 1. The maximum atomic E-state index is 12.7. The van der Waals surface area contributed by atoms with E-state index in [4.69, 9.17) is 0 Å². The highest BCUT2D eigenvalue weighted by Crippen LogP contribution is 2.24. The maximum absolute atomic E-state index is 12.7. The minimum atomic E-state index is -0.612. The van der Waals surface area contributed by atoms with Crippen LogP contribution in [0, 0.1) is 12.3 Å². The lowest BCUT2D eigenvalue weighted by Crippen LogP contribution is -2.46. The molecule has 7 nitrogen and oxygen atoms in total. The number of carbonyl (C=O) groups excluding carboxylic acids is 4. The Labute approximate surface area is 162 Å². The smallest absolute Gasteiger partial charge is 0.280 e. The average molecular weight is 379 g/mol. The molecule has 1 heterocycles. The zero-order valence-electron chi connectivity index (χ0n) is 16.1. The van der Waals surface area contributed by atoms with E-state index in [1.807, 2.05) is 0 Å². The lowest BCUT2D eigenvalue weighted by molar-refractivity contribution is -0.123. The van der Waals surface area contributed by atoms with Gasteiger partial charge in [-0.05, 0) is 36.8 Å². The summed E-state index contributed by atoms with van der Waals surface area (Å²) < 4.78 is 0. The number of carbonyl (C=O) groups is 4. The number of rotatable bonds is 3. The molecule has 0 unspecified atom stereocenters. The van der Waals surface area contributed by atoms with Crippen LogP contribution in [0.15, 0.2) is 42.5 Å². The maximum Gasteiger partial charge on any atom is 0.280 e. The second-order valence-corrected chi connectivity index (χ2v) is 7.61. The van der Waals surface area contributed by atoms with Crippen LogP contribution in [-0.2, 0) is 4.79 Å². The highest BCUT2D eigenvalue weighted by Gasteiger charge is 2.37. The molecule has 0 atom stereocenters. The molecule has 1 aliphatic rings. The highest BCUT2D eigenvalue weighted by molar-refractivity contribution is 6.22. The third kappa shape index (κ3) is 3.38. The number of benzene rings is 2. The Kier molecular flexibility index (Phi) is 4.77. The Morgan fingerprint density at radius 2 is 1.46 bits per heavy atom. The monoisotopic (exact) mass is 379 g/mol. The first-order valence-electron chi connectivity index (χ1n) is 8.81. The molecule has 0 fully saturated rings. The van der Waals surface area contributed by atoms with Gasteiger partial charge in [0.15, 0.2) is 0 Å². The topological polar surface area (TPSA) is 95.6 Å².